The Labute approximate surface area is 135 Å². The van der Waals surface area contributed by atoms with Gasteiger partial charge < -0.3 is 15.2 Å². The largest absolute Gasteiger partial charge is 0.388 e. The molecule has 1 amide bonds. The SMILES string of the molecule is O=C(Cc1ccc(-n2cccn2)cc1)NCC1(O)CCOCC1. The van der Waals surface area contributed by atoms with E-state index < -0.39 is 5.60 Å². The summed E-state index contributed by atoms with van der Waals surface area (Å²) in [7, 11) is 0. The third-order valence-electron chi connectivity index (χ3n) is 4.11. The van der Waals surface area contributed by atoms with Crippen molar-refractivity contribution in [1.82, 2.24) is 15.1 Å². The molecular formula is C17H21N3O3. The van der Waals surface area contributed by atoms with Gasteiger partial charge in [-0.05, 0) is 23.8 Å². The Kier molecular flexibility index (Phi) is 4.73. The van der Waals surface area contributed by atoms with Crippen molar-refractivity contribution < 1.29 is 14.6 Å². The van der Waals surface area contributed by atoms with Gasteiger partial charge in [0.2, 0.25) is 5.91 Å². The lowest BCUT2D eigenvalue weighted by Gasteiger charge is -2.32. The van der Waals surface area contributed by atoms with Crippen LogP contribution >= 0.6 is 0 Å². The van der Waals surface area contributed by atoms with Crippen molar-refractivity contribution in [2.24, 2.45) is 0 Å². The van der Waals surface area contributed by atoms with Crippen molar-refractivity contribution >= 4 is 5.91 Å². The van der Waals surface area contributed by atoms with E-state index in [0.29, 0.717) is 32.5 Å². The van der Waals surface area contributed by atoms with Gasteiger partial charge in [0.25, 0.3) is 0 Å². The fourth-order valence-electron chi connectivity index (χ4n) is 2.63. The van der Waals surface area contributed by atoms with E-state index in [2.05, 4.69) is 10.4 Å². The summed E-state index contributed by atoms with van der Waals surface area (Å²) in [6, 6.07) is 9.56. The topological polar surface area (TPSA) is 76.4 Å². The highest BCUT2D eigenvalue weighted by Gasteiger charge is 2.29. The van der Waals surface area contributed by atoms with Crippen LogP contribution in [0.15, 0.2) is 42.7 Å². The minimum Gasteiger partial charge on any atom is -0.388 e. The Bertz CT molecular complexity index is 632. The minimum atomic E-state index is -0.835. The molecule has 1 aromatic heterocycles. The van der Waals surface area contributed by atoms with E-state index in [1.807, 2.05) is 36.5 Å². The van der Waals surface area contributed by atoms with Crippen LogP contribution in [0, 0.1) is 0 Å². The van der Waals surface area contributed by atoms with Crippen molar-refractivity contribution in [3.63, 3.8) is 0 Å². The molecule has 1 saturated heterocycles. The lowest BCUT2D eigenvalue weighted by Crippen LogP contribution is -2.46. The quantitative estimate of drug-likeness (QED) is 0.865. The predicted octanol–water partition coefficient (Wildman–Crippen LogP) is 1.07. The third kappa shape index (κ3) is 4.18. The molecule has 0 atom stereocenters. The van der Waals surface area contributed by atoms with Gasteiger partial charge in [0.15, 0.2) is 0 Å². The zero-order valence-electron chi connectivity index (χ0n) is 12.9. The molecule has 0 unspecified atom stereocenters. The molecule has 1 fully saturated rings. The number of rotatable bonds is 5. The zero-order valence-corrected chi connectivity index (χ0v) is 12.9. The molecule has 0 spiro atoms. The van der Waals surface area contributed by atoms with Crippen LogP contribution in [0.25, 0.3) is 5.69 Å². The van der Waals surface area contributed by atoms with E-state index >= 15 is 0 Å². The normalized spacial score (nSPS) is 16.9. The number of hydrogen-bond donors (Lipinski definition) is 2. The maximum absolute atomic E-state index is 12.0. The number of carbonyl (C=O) groups excluding carboxylic acids is 1. The first-order valence-electron chi connectivity index (χ1n) is 7.80. The van der Waals surface area contributed by atoms with Gasteiger partial charge >= 0.3 is 0 Å². The number of benzene rings is 1. The van der Waals surface area contributed by atoms with Crippen molar-refractivity contribution in [2.45, 2.75) is 24.9 Å². The summed E-state index contributed by atoms with van der Waals surface area (Å²) in [6.07, 6.45) is 5.02. The molecule has 122 valence electrons. The molecule has 2 heterocycles. The summed E-state index contributed by atoms with van der Waals surface area (Å²) in [4.78, 5) is 12.0. The Balaban J connectivity index is 1.51. The Morgan fingerprint density at radius 2 is 2.04 bits per heavy atom. The molecule has 6 heteroatoms. The summed E-state index contributed by atoms with van der Waals surface area (Å²) in [5.74, 6) is -0.0863. The summed E-state index contributed by atoms with van der Waals surface area (Å²) < 4.78 is 7.00. The van der Waals surface area contributed by atoms with E-state index in [4.69, 9.17) is 4.74 Å². The molecule has 1 aliphatic heterocycles. The molecule has 0 aliphatic carbocycles. The van der Waals surface area contributed by atoms with Crippen LogP contribution < -0.4 is 5.32 Å². The van der Waals surface area contributed by atoms with Gasteiger partial charge in [-0.2, -0.15) is 5.10 Å². The number of nitrogens with zero attached hydrogens (tertiary/aromatic N) is 2. The minimum absolute atomic E-state index is 0.0863. The highest BCUT2D eigenvalue weighted by atomic mass is 16.5. The smallest absolute Gasteiger partial charge is 0.224 e. The van der Waals surface area contributed by atoms with Crippen molar-refractivity contribution in [2.75, 3.05) is 19.8 Å². The second-order valence-electron chi connectivity index (χ2n) is 5.91. The first kappa shape index (κ1) is 15.7. The Morgan fingerprint density at radius 1 is 1.30 bits per heavy atom. The van der Waals surface area contributed by atoms with Gasteiger partial charge in [-0.3, -0.25) is 4.79 Å². The molecule has 0 radical (unpaired) electrons. The number of ether oxygens (including phenoxy) is 1. The first-order chi connectivity index (χ1) is 11.1. The van der Waals surface area contributed by atoms with E-state index in [-0.39, 0.29) is 12.5 Å². The van der Waals surface area contributed by atoms with E-state index in [1.165, 1.54) is 0 Å². The maximum atomic E-state index is 12.0. The number of nitrogens with one attached hydrogen (secondary N) is 1. The number of hydrogen-bond acceptors (Lipinski definition) is 4. The first-order valence-corrected chi connectivity index (χ1v) is 7.80. The van der Waals surface area contributed by atoms with E-state index in [1.54, 1.807) is 10.9 Å². The van der Waals surface area contributed by atoms with Gasteiger partial charge in [0.1, 0.15) is 0 Å². The molecule has 1 aliphatic rings. The van der Waals surface area contributed by atoms with Gasteiger partial charge in [-0.1, -0.05) is 12.1 Å². The van der Waals surface area contributed by atoms with Gasteiger partial charge in [-0.25, -0.2) is 4.68 Å². The molecule has 0 saturated carbocycles. The highest BCUT2D eigenvalue weighted by molar-refractivity contribution is 5.78. The molecular weight excluding hydrogens is 294 g/mol. The van der Waals surface area contributed by atoms with Crippen LogP contribution in [0.5, 0.6) is 0 Å². The monoisotopic (exact) mass is 315 g/mol. The maximum Gasteiger partial charge on any atom is 0.224 e. The number of carbonyl (C=O) groups is 1. The Morgan fingerprint density at radius 3 is 2.70 bits per heavy atom. The average Bonchev–Trinajstić information content (AvgIpc) is 3.09. The Hall–Kier alpha value is -2.18. The molecule has 2 aromatic rings. The fraction of sp³-hybridized carbons (Fsp3) is 0.412. The third-order valence-corrected chi connectivity index (χ3v) is 4.11. The van der Waals surface area contributed by atoms with Crippen molar-refractivity contribution in [3.05, 3.63) is 48.3 Å². The van der Waals surface area contributed by atoms with Crippen LogP contribution in [0.3, 0.4) is 0 Å². The highest BCUT2D eigenvalue weighted by Crippen LogP contribution is 2.19. The zero-order chi connectivity index (χ0) is 16.1. The molecule has 23 heavy (non-hydrogen) atoms. The van der Waals surface area contributed by atoms with Crippen LogP contribution in [-0.4, -0.2) is 46.2 Å². The number of amides is 1. The molecule has 6 nitrogen and oxygen atoms in total. The second-order valence-corrected chi connectivity index (χ2v) is 5.91. The van der Waals surface area contributed by atoms with Crippen molar-refractivity contribution in [3.8, 4) is 5.69 Å². The summed E-state index contributed by atoms with van der Waals surface area (Å²) in [5.41, 5.74) is 1.05. The lowest BCUT2D eigenvalue weighted by atomic mass is 9.94. The van der Waals surface area contributed by atoms with E-state index in [9.17, 15) is 9.90 Å². The average molecular weight is 315 g/mol. The van der Waals surface area contributed by atoms with Gasteiger partial charge in [0, 0.05) is 45.0 Å². The fourth-order valence-corrected chi connectivity index (χ4v) is 2.63. The standard InChI is InChI=1S/C17H21N3O3/c21-16(18-13-17(22)6-10-23-11-7-17)12-14-2-4-15(5-3-14)20-9-1-8-19-20/h1-5,8-9,22H,6-7,10-13H2,(H,18,21). The predicted molar refractivity (Wildman–Crippen MR) is 85.3 cm³/mol. The van der Waals surface area contributed by atoms with Crippen LogP contribution in [0.2, 0.25) is 0 Å². The van der Waals surface area contributed by atoms with Crippen LogP contribution in [0.4, 0.5) is 0 Å². The molecule has 3 rings (SSSR count). The van der Waals surface area contributed by atoms with Gasteiger partial charge in [0.05, 0.1) is 17.7 Å². The van der Waals surface area contributed by atoms with Crippen LogP contribution in [-0.2, 0) is 16.0 Å². The summed E-state index contributed by atoms with van der Waals surface area (Å²) in [5, 5.41) is 17.3. The summed E-state index contributed by atoms with van der Waals surface area (Å²) >= 11 is 0. The lowest BCUT2D eigenvalue weighted by molar-refractivity contribution is -0.123. The summed E-state index contributed by atoms with van der Waals surface area (Å²) in [6.45, 7) is 1.36. The van der Waals surface area contributed by atoms with Crippen molar-refractivity contribution in [1.29, 1.82) is 0 Å². The number of aromatic nitrogens is 2. The van der Waals surface area contributed by atoms with E-state index in [0.717, 1.165) is 11.3 Å². The second kappa shape index (κ2) is 6.93. The molecule has 1 aromatic carbocycles. The number of aliphatic hydroxyl groups is 1. The van der Waals surface area contributed by atoms with Crippen LogP contribution in [0.1, 0.15) is 18.4 Å². The molecule has 0 bridgehead atoms. The molecule has 2 N–H and O–H groups in total. The van der Waals surface area contributed by atoms with Gasteiger partial charge in [-0.15, -0.1) is 0 Å².